The molecule has 1 fully saturated rings. The zero-order valence-electron chi connectivity index (χ0n) is 11.5. The fourth-order valence-electron chi connectivity index (χ4n) is 2.88. The van der Waals surface area contributed by atoms with Gasteiger partial charge in [-0.3, -0.25) is 4.79 Å². The monoisotopic (exact) mass is 279 g/mol. The third-order valence-corrected chi connectivity index (χ3v) is 4.46. The number of carbonyl (C=O) groups is 1. The number of nitrogens with one attached hydrogen (secondary N) is 1. The molecule has 0 spiro atoms. The first-order valence-electron chi connectivity index (χ1n) is 7.21. The van der Waals surface area contributed by atoms with Gasteiger partial charge in [-0.2, -0.15) is 0 Å². The molecule has 1 aromatic carbocycles. The second-order valence-electron chi connectivity index (χ2n) is 5.29. The minimum atomic E-state index is 0.0551. The number of rotatable bonds is 4. The summed E-state index contributed by atoms with van der Waals surface area (Å²) in [4.78, 5) is 12.4. The van der Waals surface area contributed by atoms with Gasteiger partial charge in [-0.1, -0.05) is 38.0 Å². The normalized spacial score (nSPS) is 23.1. The Morgan fingerprint density at radius 2 is 2.05 bits per heavy atom. The topological polar surface area (TPSA) is 29.1 Å². The molecular weight excluding hydrogens is 258 g/mol. The summed E-state index contributed by atoms with van der Waals surface area (Å²) >= 11 is 6.01. The van der Waals surface area contributed by atoms with Gasteiger partial charge in [0.2, 0.25) is 0 Å². The minimum absolute atomic E-state index is 0.0551. The highest BCUT2D eigenvalue weighted by Crippen LogP contribution is 2.25. The van der Waals surface area contributed by atoms with Gasteiger partial charge in [0.05, 0.1) is 0 Å². The average Bonchev–Trinajstić information content (AvgIpc) is 2.47. The van der Waals surface area contributed by atoms with Crippen molar-refractivity contribution in [3.63, 3.8) is 0 Å². The van der Waals surface area contributed by atoms with Crippen molar-refractivity contribution >= 4 is 17.5 Å². The van der Waals surface area contributed by atoms with Crippen LogP contribution in [0.25, 0.3) is 0 Å². The summed E-state index contributed by atoms with van der Waals surface area (Å²) in [5, 5.41) is 3.19. The van der Waals surface area contributed by atoms with E-state index in [1.807, 2.05) is 24.3 Å². The Bertz CT molecular complexity index is 433. The molecule has 0 saturated heterocycles. The van der Waals surface area contributed by atoms with E-state index in [0.29, 0.717) is 11.8 Å². The maximum absolute atomic E-state index is 12.4. The van der Waals surface area contributed by atoms with E-state index in [9.17, 15) is 4.79 Å². The summed E-state index contributed by atoms with van der Waals surface area (Å²) in [6, 6.07) is 8.08. The molecule has 19 heavy (non-hydrogen) atoms. The van der Waals surface area contributed by atoms with Crippen LogP contribution in [0.15, 0.2) is 24.3 Å². The predicted molar refractivity (Wildman–Crippen MR) is 79.8 cm³/mol. The Balaban J connectivity index is 2.07. The largest absolute Gasteiger partial charge is 0.349 e. The maximum Gasteiger partial charge on any atom is 0.251 e. The summed E-state index contributed by atoms with van der Waals surface area (Å²) in [7, 11) is 0. The van der Waals surface area contributed by atoms with Gasteiger partial charge in [0.25, 0.3) is 5.91 Å². The van der Waals surface area contributed by atoms with Crippen molar-refractivity contribution in [1.82, 2.24) is 5.32 Å². The Kier molecular flexibility index (Phi) is 5.26. The highest BCUT2D eigenvalue weighted by molar-refractivity contribution is 6.18. The summed E-state index contributed by atoms with van der Waals surface area (Å²) in [5.41, 5.74) is 1.92. The molecule has 2 nitrogen and oxygen atoms in total. The predicted octanol–water partition coefficient (Wildman–Crippen LogP) is 3.78. The number of halogens is 1. The van der Waals surface area contributed by atoms with Crippen LogP contribution in [0.3, 0.4) is 0 Å². The number of benzene rings is 1. The van der Waals surface area contributed by atoms with Crippen LogP contribution in [-0.4, -0.2) is 17.8 Å². The molecule has 1 aliphatic rings. The van der Waals surface area contributed by atoms with Crippen LogP contribution in [0.2, 0.25) is 0 Å². The molecule has 0 bridgehead atoms. The molecule has 0 radical (unpaired) electrons. The number of aryl methyl sites for hydroxylation is 1. The number of hydrogen-bond donors (Lipinski definition) is 1. The lowest BCUT2D eigenvalue weighted by molar-refractivity contribution is 0.0910. The van der Waals surface area contributed by atoms with Crippen molar-refractivity contribution in [2.45, 2.75) is 45.1 Å². The van der Waals surface area contributed by atoms with Gasteiger partial charge < -0.3 is 5.32 Å². The molecule has 2 rings (SSSR count). The third-order valence-electron chi connectivity index (χ3n) is 4.07. The van der Waals surface area contributed by atoms with E-state index in [2.05, 4.69) is 12.2 Å². The SMILES string of the molecule is CCc1ccccc1C(=O)NC1CCCCC1CCl. The Morgan fingerprint density at radius 3 is 2.79 bits per heavy atom. The number of alkyl halides is 1. The molecular formula is C16H22ClNO. The molecule has 1 N–H and O–H groups in total. The molecule has 0 heterocycles. The second kappa shape index (κ2) is 6.95. The third kappa shape index (κ3) is 3.50. The van der Waals surface area contributed by atoms with Crippen LogP contribution < -0.4 is 5.32 Å². The summed E-state index contributed by atoms with van der Waals surface area (Å²) in [6.45, 7) is 2.08. The first-order chi connectivity index (χ1) is 9.26. The minimum Gasteiger partial charge on any atom is -0.349 e. The van der Waals surface area contributed by atoms with Crippen LogP contribution in [0.5, 0.6) is 0 Å². The first-order valence-corrected chi connectivity index (χ1v) is 7.74. The molecule has 3 heteroatoms. The van der Waals surface area contributed by atoms with Crippen LogP contribution >= 0.6 is 11.6 Å². The zero-order valence-corrected chi connectivity index (χ0v) is 12.2. The van der Waals surface area contributed by atoms with E-state index < -0.39 is 0 Å². The number of carbonyl (C=O) groups excluding carboxylic acids is 1. The van der Waals surface area contributed by atoms with E-state index >= 15 is 0 Å². The number of hydrogen-bond acceptors (Lipinski definition) is 1. The average molecular weight is 280 g/mol. The second-order valence-corrected chi connectivity index (χ2v) is 5.60. The van der Waals surface area contributed by atoms with Gasteiger partial charge in [-0.05, 0) is 36.8 Å². The molecule has 2 unspecified atom stereocenters. The van der Waals surface area contributed by atoms with Gasteiger partial charge in [0.1, 0.15) is 0 Å². The molecule has 1 aliphatic carbocycles. The summed E-state index contributed by atoms with van der Waals surface area (Å²) in [6.07, 6.45) is 5.48. The van der Waals surface area contributed by atoms with Gasteiger partial charge in [-0.25, -0.2) is 0 Å². The van der Waals surface area contributed by atoms with Crippen molar-refractivity contribution in [2.75, 3.05) is 5.88 Å². The van der Waals surface area contributed by atoms with Crippen LogP contribution in [-0.2, 0) is 6.42 Å². The van der Waals surface area contributed by atoms with E-state index in [1.165, 1.54) is 12.8 Å². The highest BCUT2D eigenvalue weighted by Gasteiger charge is 2.26. The Morgan fingerprint density at radius 1 is 1.32 bits per heavy atom. The smallest absolute Gasteiger partial charge is 0.251 e. The van der Waals surface area contributed by atoms with Crippen molar-refractivity contribution in [2.24, 2.45) is 5.92 Å². The lowest BCUT2D eigenvalue weighted by Gasteiger charge is -2.31. The Labute approximate surface area is 120 Å². The van der Waals surface area contributed by atoms with Crippen LogP contribution in [0.1, 0.15) is 48.5 Å². The molecule has 2 atom stereocenters. The molecule has 1 amide bonds. The molecule has 1 aromatic rings. The van der Waals surface area contributed by atoms with E-state index in [1.54, 1.807) is 0 Å². The fourth-order valence-corrected chi connectivity index (χ4v) is 3.25. The van der Waals surface area contributed by atoms with Crippen LogP contribution in [0, 0.1) is 5.92 Å². The van der Waals surface area contributed by atoms with Gasteiger partial charge in [0.15, 0.2) is 0 Å². The van der Waals surface area contributed by atoms with Crippen molar-refractivity contribution in [3.05, 3.63) is 35.4 Å². The summed E-state index contributed by atoms with van der Waals surface area (Å²) in [5.74, 6) is 1.12. The van der Waals surface area contributed by atoms with Crippen LogP contribution in [0.4, 0.5) is 0 Å². The molecule has 0 aromatic heterocycles. The van der Waals surface area contributed by atoms with Crippen molar-refractivity contribution < 1.29 is 4.79 Å². The van der Waals surface area contributed by atoms with E-state index in [0.717, 1.165) is 30.4 Å². The lowest BCUT2D eigenvalue weighted by Crippen LogP contribution is -2.43. The highest BCUT2D eigenvalue weighted by atomic mass is 35.5. The molecule has 104 valence electrons. The van der Waals surface area contributed by atoms with E-state index in [4.69, 9.17) is 11.6 Å². The zero-order chi connectivity index (χ0) is 13.7. The lowest BCUT2D eigenvalue weighted by atomic mass is 9.85. The quantitative estimate of drug-likeness (QED) is 0.835. The van der Waals surface area contributed by atoms with Gasteiger partial charge >= 0.3 is 0 Å². The van der Waals surface area contributed by atoms with E-state index in [-0.39, 0.29) is 11.9 Å². The molecule has 0 aliphatic heterocycles. The number of amides is 1. The molecule has 1 saturated carbocycles. The summed E-state index contributed by atoms with van der Waals surface area (Å²) < 4.78 is 0. The van der Waals surface area contributed by atoms with Crippen molar-refractivity contribution in [3.8, 4) is 0 Å². The van der Waals surface area contributed by atoms with Crippen molar-refractivity contribution in [1.29, 1.82) is 0 Å². The first kappa shape index (κ1) is 14.4. The fraction of sp³-hybridized carbons (Fsp3) is 0.562. The van der Waals surface area contributed by atoms with Gasteiger partial charge in [0, 0.05) is 17.5 Å². The van der Waals surface area contributed by atoms with Gasteiger partial charge in [-0.15, -0.1) is 11.6 Å². The standard InChI is InChI=1S/C16H22ClNO/c1-2-12-7-3-5-9-14(12)16(19)18-15-10-6-4-8-13(15)11-17/h3,5,7,9,13,15H,2,4,6,8,10-11H2,1H3,(H,18,19). The Hall–Kier alpha value is -1.02. The maximum atomic E-state index is 12.4.